The van der Waals surface area contributed by atoms with Crippen molar-refractivity contribution in [2.45, 2.75) is 19.4 Å². The predicted octanol–water partition coefficient (Wildman–Crippen LogP) is 2.56. The van der Waals surface area contributed by atoms with Crippen LogP contribution in [-0.4, -0.2) is 10.2 Å². The van der Waals surface area contributed by atoms with Crippen molar-refractivity contribution in [1.82, 2.24) is 10.2 Å². The third-order valence-electron chi connectivity index (χ3n) is 2.42. The molecule has 0 aliphatic rings. The molecule has 0 saturated carbocycles. The minimum absolute atomic E-state index is 0.0793. The molecule has 1 atom stereocenters. The summed E-state index contributed by atoms with van der Waals surface area (Å²) in [7, 11) is 0. The van der Waals surface area contributed by atoms with Crippen molar-refractivity contribution in [2.24, 2.45) is 5.73 Å². The number of nitrogens with two attached hydrogens (primary N) is 1. The number of rotatable bonds is 3. The first-order valence-corrected chi connectivity index (χ1v) is 5.26. The Morgan fingerprint density at radius 3 is 2.39 bits per heavy atom. The first kappa shape index (κ1) is 12.6. The molecule has 1 heterocycles. The fourth-order valence-electron chi connectivity index (χ4n) is 1.41. The maximum Gasteiger partial charge on any atom is 0.253 e. The summed E-state index contributed by atoms with van der Waals surface area (Å²) in [4.78, 5) is 0. The van der Waals surface area contributed by atoms with E-state index in [0.29, 0.717) is 18.6 Å². The zero-order valence-electron chi connectivity index (χ0n) is 9.45. The first-order valence-electron chi connectivity index (χ1n) is 5.26. The van der Waals surface area contributed by atoms with Gasteiger partial charge < -0.3 is 10.2 Å². The van der Waals surface area contributed by atoms with Gasteiger partial charge in [-0.1, -0.05) is 6.92 Å². The Morgan fingerprint density at radius 2 is 1.83 bits per heavy atom. The average molecular weight is 257 g/mol. The number of halogens is 3. The molecule has 2 aromatic rings. The van der Waals surface area contributed by atoms with Gasteiger partial charge in [0.15, 0.2) is 0 Å². The zero-order chi connectivity index (χ0) is 13.3. The highest BCUT2D eigenvalue weighted by Crippen LogP contribution is 2.27. The molecule has 0 aliphatic carbocycles. The minimum atomic E-state index is -1.10. The highest BCUT2D eigenvalue weighted by molar-refractivity contribution is 5.54. The summed E-state index contributed by atoms with van der Waals surface area (Å²) in [6.07, 6.45) is 0.538. The summed E-state index contributed by atoms with van der Waals surface area (Å²) >= 11 is 0. The van der Waals surface area contributed by atoms with Crippen LogP contribution in [0.25, 0.3) is 11.5 Å². The SMILES string of the molecule is CCC(N)c1nnc(-c2c(F)cc(F)cc2F)o1. The second-order valence-corrected chi connectivity index (χ2v) is 3.70. The number of nitrogens with zero attached hydrogens (tertiary/aromatic N) is 2. The minimum Gasteiger partial charge on any atom is -0.419 e. The molecule has 2 N–H and O–H groups in total. The second-order valence-electron chi connectivity index (χ2n) is 3.70. The van der Waals surface area contributed by atoms with Crippen LogP contribution >= 0.6 is 0 Å². The first-order chi connectivity index (χ1) is 8.52. The largest absolute Gasteiger partial charge is 0.419 e. The number of aromatic nitrogens is 2. The molecule has 1 unspecified atom stereocenters. The van der Waals surface area contributed by atoms with Crippen molar-refractivity contribution in [1.29, 1.82) is 0 Å². The number of hydrogen-bond acceptors (Lipinski definition) is 4. The van der Waals surface area contributed by atoms with Crippen LogP contribution in [0.3, 0.4) is 0 Å². The lowest BCUT2D eigenvalue weighted by atomic mass is 10.2. The molecule has 0 bridgehead atoms. The highest BCUT2D eigenvalue weighted by Gasteiger charge is 2.21. The van der Waals surface area contributed by atoms with Gasteiger partial charge in [0.05, 0.1) is 6.04 Å². The maximum atomic E-state index is 13.5. The van der Waals surface area contributed by atoms with Crippen molar-refractivity contribution >= 4 is 0 Å². The molecule has 0 saturated heterocycles. The standard InChI is InChI=1S/C11H10F3N3O/c1-2-8(15)10-16-17-11(18-10)9-6(13)3-5(12)4-7(9)14/h3-4,8H,2,15H2,1H3. The van der Waals surface area contributed by atoms with Gasteiger partial charge in [-0.2, -0.15) is 0 Å². The summed E-state index contributed by atoms with van der Waals surface area (Å²) in [6, 6.07) is 0.585. The van der Waals surface area contributed by atoms with Crippen LogP contribution in [0.1, 0.15) is 25.3 Å². The van der Waals surface area contributed by atoms with Crippen LogP contribution in [0, 0.1) is 17.5 Å². The van der Waals surface area contributed by atoms with Crippen LogP contribution in [0.5, 0.6) is 0 Å². The molecule has 7 heteroatoms. The lowest BCUT2D eigenvalue weighted by molar-refractivity contribution is 0.447. The molecule has 0 spiro atoms. The summed E-state index contributed by atoms with van der Waals surface area (Å²) < 4.78 is 44.7. The molecular formula is C11H10F3N3O. The Hall–Kier alpha value is -1.89. The normalized spacial score (nSPS) is 12.7. The van der Waals surface area contributed by atoms with Gasteiger partial charge in [-0.25, -0.2) is 13.2 Å². The summed E-state index contributed by atoms with van der Waals surface area (Å²) in [6.45, 7) is 1.80. The van der Waals surface area contributed by atoms with Gasteiger partial charge in [0.25, 0.3) is 5.89 Å². The van der Waals surface area contributed by atoms with E-state index in [4.69, 9.17) is 10.2 Å². The van der Waals surface area contributed by atoms with Gasteiger partial charge in [-0.05, 0) is 6.42 Å². The van der Waals surface area contributed by atoms with E-state index in [1.54, 1.807) is 6.92 Å². The molecule has 0 aliphatic heterocycles. The molecule has 18 heavy (non-hydrogen) atoms. The van der Waals surface area contributed by atoms with E-state index < -0.39 is 29.1 Å². The smallest absolute Gasteiger partial charge is 0.253 e. The topological polar surface area (TPSA) is 64.9 Å². The van der Waals surface area contributed by atoms with Gasteiger partial charge in [0, 0.05) is 12.1 Å². The lowest BCUT2D eigenvalue weighted by Gasteiger charge is -2.02. The molecule has 2 rings (SSSR count). The van der Waals surface area contributed by atoms with E-state index >= 15 is 0 Å². The third-order valence-corrected chi connectivity index (χ3v) is 2.42. The fourth-order valence-corrected chi connectivity index (χ4v) is 1.41. The van der Waals surface area contributed by atoms with E-state index in [1.807, 2.05) is 0 Å². The molecule has 0 amide bonds. The number of benzene rings is 1. The van der Waals surface area contributed by atoms with E-state index in [0.717, 1.165) is 0 Å². The maximum absolute atomic E-state index is 13.5. The lowest BCUT2D eigenvalue weighted by Crippen LogP contribution is -2.08. The van der Waals surface area contributed by atoms with E-state index in [-0.39, 0.29) is 11.8 Å². The zero-order valence-corrected chi connectivity index (χ0v) is 9.45. The molecule has 0 radical (unpaired) electrons. The van der Waals surface area contributed by atoms with Gasteiger partial charge in [-0.3, -0.25) is 0 Å². The van der Waals surface area contributed by atoms with Gasteiger partial charge in [0.2, 0.25) is 5.89 Å². The Bertz CT molecular complexity index is 547. The average Bonchev–Trinajstić information content (AvgIpc) is 2.76. The van der Waals surface area contributed by atoms with Gasteiger partial charge >= 0.3 is 0 Å². The Morgan fingerprint density at radius 1 is 1.22 bits per heavy atom. The van der Waals surface area contributed by atoms with Crippen molar-refractivity contribution < 1.29 is 17.6 Å². The molecule has 0 fully saturated rings. The molecule has 96 valence electrons. The van der Waals surface area contributed by atoms with E-state index in [1.165, 1.54) is 0 Å². The fraction of sp³-hybridized carbons (Fsp3) is 0.273. The van der Waals surface area contributed by atoms with Crippen molar-refractivity contribution in [3.05, 3.63) is 35.5 Å². The predicted molar refractivity (Wildman–Crippen MR) is 56.8 cm³/mol. The molecule has 4 nitrogen and oxygen atoms in total. The van der Waals surface area contributed by atoms with Gasteiger partial charge in [0.1, 0.15) is 23.0 Å². The Labute approximate surface area is 101 Å². The van der Waals surface area contributed by atoms with Crippen LogP contribution in [0.4, 0.5) is 13.2 Å². The van der Waals surface area contributed by atoms with Crippen LogP contribution < -0.4 is 5.73 Å². The third kappa shape index (κ3) is 2.21. The quantitative estimate of drug-likeness (QED) is 0.917. The van der Waals surface area contributed by atoms with E-state index in [9.17, 15) is 13.2 Å². The van der Waals surface area contributed by atoms with E-state index in [2.05, 4.69) is 10.2 Å². The van der Waals surface area contributed by atoms with Crippen LogP contribution in [-0.2, 0) is 0 Å². The highest BCUT2D eigenvalue weighted by atomic mass is 19.1. The molecule has 1 aromatic heterocycles. The van der Waals surface area contributed by atoms with Crippen LogP contribution in [0.2, 0.25) is 0 Å². The van der Waals surface area contributed by atoms with Crippen molar-refractivity contribution in [3.63, 3.8) is 0 Å². The number of hydrogen-bond donors (Lipinski definition) is 1. The van der Waals surface area contributed by atoms with Crippen LogP contribution in [0.15, 0.2) is 16.5 Å². The van der Waals surface area contributed by atoms with Gasteiger partial charge in [-0.15, -0.1) is 10.2 Å². The second kappa shape index (κ2) is 4.77. The monoisotopic (exact) mass is 257 g/mol. The Balaban J connectivity index is 2.46. The Kier molecular flexibility index (Phi) is 3.33. The summed E-state index contributed by atoms with van der Waals surface area (Å²) in [5.41, 5.74) is 5.09. The summed E-state index contributed by atoms with van der Waals surface area (Å²) in [5.74, 6) is -3.50. The summed E-state index contributed by atoms with van der Waals surface area (Å²) in [5, 5.41) is 7.11. The van der Waals surface area contributed by atoms with Crippen molar-refractivity contribution in [2.75, 3.05) is 0 Å². The molecule has 1 aromatic carbocycles. The molecular weight excluding hydrogens is 247 g/mol. The van der Waals surface area contributed by atoms with Crippen molar-refractivity contribution in [3.8, 4) is 11.5 Å².